The van der Waals surface area contributed by atoms with Gasteiger partial charge >= 0.3 is 6.03 Å². The predicted octanol–water partition coefficient (Wildman–Crippen LogP) is 1.91. The molecule has 2 unspecified atom stereocenters. The fraction of sp³-hybridized carbons (Fsp3) is 0.562. The molecule has 0 aromatic carbocycles. The number of allylic oxidation sites excluding steroid dienone is 1. The van der Waals surface area contributed by atoms with Crippen LogP contribution >= 0.6 is 0 Å². The number of likely N-dealkylation sites (tertiary alicyclic amines) is 1. The van der Waals surface area contributed by atoms with E-state index in [-0.39, 0.29) is 24.0 Å². The molecule has 1 fully saturated rings. The van der Waals surface area contributed by atoms with E-state index >= 15 is 0 Å². The summed E-state index contributed by atoms with van der Waals surface area (Å²) in [6.07, 6.45) is 10.2. The molecule has 1 aromatic heterocycles. The van der Waals surface area contributed by atoms with Crippen molar-refractivity contribution in [3.05, 3.63) is 24.4 Å². The molecule has 7 nitrogen and oxygen atoms in total. The third-order valence-electron chi connectivity index (χ3n) is 4.30. The number of anilines is 1. The van der Waals surface area contributed by atoms with Crippen molar-refractivity contribution in [3.63, 3.8) is 0 Å². The van der Waals surface area contributed by atoms with Crippen LogP contribution in [0.5, 0.6) is 0 Å². The third-order valence-corrected chi connectivity index (χ3v) is 4.30. The molecule has 124 valence electrons. The first-order valence-corrected chi connectivity index (χ1v) is 8.16. The van der Waals surface area contributed by atoms with Crippen LogP contribution < -0.4 is 10.6 Å². The van der Waals surface area contributed by atoms with Crippen molar-refractivity contribution in [3.8, 4) is 0 Å². The van der Waals surface area contributed by atoms with E-state index < -0.39 is 0 Å². The summed E-state index contributed by atoms with van der Waals surface area (Å²) in [7, 11) is 0. The summed E-state index contributed by atoms with van der Waals surface area (Å²) in [4.78, 5) is 25.2. The summed E-state index contributed by atoms with van der Waals surface area (Å²) in [5, 5.41) is 10.1. The number of carbonyl (C=O) groups excluding carboxylic acids is 2. The van der Waals surface area contributed by atoms with Gasteiger partial charge in [-0.15, -0.1) is 0 Å². The molecule has 1 aromatic rings. The highest BCUT2D eigenvalue weighted by Gasteiger charge is 2.28. The van der Waals surface area contributed by atoms with Crippen molar-refractivity contribution in [1.29, 1.82) is 0 Å². The highest BCUT2D eigenvalue weighted by atomic mass is 16.2. The topological polar surface area (TPSA) is 79.3 Å². The molecular weight excluding hydrogens is 294 g/mol. The van der Waals surface area contributed by atoms with Gasteiger partial charge in [0.25, 0.3) is 0 Å². The number of rotatable bonds is 3. The van der Waals surface area contributed by atoms with E-state index in [0.29, 0.717) is 12.4 Å². The van der Waals surface area contributed by atoms with Crippen LogP contribution in [-0.2, 0) is 4.79 Å². The molecule has 0 saturated carbocycles. The van der Waals surface area contributed by atoms with Gasteiger partial charge in [0.2, 0.25) is 5.91 Å². The predicted molar refractivity (Wildman–Crippen MR) is 87.1 cm³/mol. The summed E-state index contributed by atoms with van der Waals surface area (Å²) in [5.41, 5.74) is 0. The number of hydrogen-bond acceptors (Lipinski definition) is 3. The lowest BCUT2D eigenvalue weighted by Gasteiger charge is -2.23. The Hall–Kier alpha value is -2.31. The first-order valence-electron chi connectivity index (χ1n) is 8.16. The van der Waals surface area contributed by atoms with Gasteiger partial charge in [-0.3, -0.25) is 9.48 Å². The van der Waals surface area contributed by atoms with Gasteiger partial charge in [-0.1, -0.05) is 12.2 Å². The van der Waals surface area contributed by atoms with Crippen molar-refractivity contribution in [2.24, 2.45) is 0 Å². The van der Waals surface area contributed by atoms with Gasteiger partial charge < -0.3 is 15.5 Å². The molecular formula is C16H23N5O2. The number of amides is 3. The van der Waals surface area contributed by atoms with Gasteiger partial charge in [-0.25, -0.2) is 4.79 Å². The van der Waals surface area contributed by atoms with Crippen molar-refractivity contribution < 1.29 is 9.59 Å². The Balaban J connectivity index is 1.54. The summed E-state index contributed by atoms with van der Waals surface area (Å²) >= 11 is 0. The Morgan fingerprint density at radius 3 is 2.96 bits per heavy atom. The smallest absolute Gasteiger partial charge is 0.317 e. The van der Waals surface area contributed by atoms with Gasteiger partial charge in [0, 0.05) is 38.3 Å². The number of nitrogens with zero attached hydrogens (tertiary/aromatic N) is 3. The Morgan fingerprint density at radius 2 is 2.22 bits per heavy atom. The van der Waals surface area contributed by atoms with Crippen LogP contribution in [0.4, 0.5) is 10.6 Å². The second-order valence-corrected chi connectivity index (χ2v) is 6.17. The summed E-state index contributed by atoms with van der Waals surface area (Å²) in [6.45, 7) is 2.83. The zero-order valence-electron chi connectivity index (χ0n) is 13.4. The average Bonchev–Trinajstić information content (AvgIpc) is 3.16. The lowest BCUT2D eigenvalue weighted by molar-refractivity contribution is -0.114. The molecule has 0 spiro atoms. The molecule has 0 bridgehead atoms. The molecule has 1 aliphatic heterocycles. The standard InChI is InChI=1S/C16H23N5O2/c1-12(22)17-15-8-10-21(19-15)14-7-9-20(11-14)16(23)18-13-5-3-2-4-6-13/h3,5,8,10,13-14H,2,4,6-7,9,11H2,1H3,(H,18,23)(H,17,19,22). The fourth-order valence-electron chi connectivity index (χ4n) is 3.11. The minimum absolute atomic E-state index is 0.00158. The van der Waals surface area contributed by atoms with Gasteiger partial charge in [0.1, 0.15) is 0 Å². The van der Waals surface area contributed by atoms with Crippen LogP contribution in [0.2, 0.25) is 0 Å². The maximum Gasteiger partial charge on any atom is 0.317 e. The Bertz CT molecular complexity index is 609. The van der Waals surface area contributed by atoms with Crippen molar-refractivity contribution in [2.75, 3.05) is 18.4 Å². The number of nitrogens with one attached hydrogen (secondary N) is 2. The highest BCUT2D eigenvalue weighted by molar-refractivity contribution is 5.87. The van der Waals surface area contributed by atoms with Crippen molar-refractivity contribution in [2.45, 2.75) is 44.7 Å². The molecule has 3 rings (SSSR count). The van der Waals surface area contributed by atoms with Gasteiger partial charge in [0.15, 0.2) is 5.82 Å². The maximum absolute atomic E-state index is 12.3. The van der Waals surface area contributed by atoms with E-state index in [1.807, 2.05) is 15.8 Å². The lowest BCUT2D eigenvalue weighted by Crippen LogP contribution is -2.43. The zero-order valence-corrected chi connectivity index (χ0v) is 13.4. The minimum Gasteiger partial charge on any atom is -0.332 e. The van der Waals surface area contributed by atoms with Crippen LogP contribution in [0.15, 0.2) is 24.4 Å². The first-order chi connectivity index (χ1) is 11.1. The van der Waals surface area contributed by atoms with E-state index in [1.165, 1.54) is 6.92 Å². The van der Waals surface area contributed by atoms with Crippen LogP contribution in [0.3, 0.4) is 0 Å². The first kappa shape index (κ1) is 15.6. The van der Waals surface area contributed by atoms with E-state index in [2.05, 4.69) is 27.9 Å². The van der Waals surface area contributed by atoms with Crippen LogP contribution in [-0.4, -0.2) is 45.8 Å². The monoisotopic (exact) mass is 317 g/mol. The quantitative estimate of drug-likeness (QED) is 0.836. The molecule has 2 heterocycles. The SMILES string of the molecule is CC(=O)Nc1ccn(C2CCN(C(=O)NC3C=CCCC3)C2)n1. The van der Waals surface area contributed by atoms with Crippen LogP contribution in [0.1, 0.15) is 38.6 Å². The molecule has 2 atom stereocenters. The average molecular weight is 317 g/mol. The molecule has 2 N–H and O–H groups in total. The van der Waals surface area contributed by atoms with E-state index in [9.17, 15) is 9.59 Å². The molecule has 1 saturated heterocycles. The van der Waals surface area contributed by atoms with E-state index in [1.54, 1.807) is 6.07 Å². The number of hydrogen-bond donors (Lipinski definition) is 2. The van der Waals surface area contributed by atoms with Gasteiger partial charge in [-0.05, 0) is 25.7 Å². The van der Waals surface area contributed by atoms with Crippen LogP contribution in [0, 0.1) is 0 Å². The molecule has 23 heavy (non-hydrogen) atoms. The second-order valence-electron chi connectivity index (χ2n) is 6.17. The maximum atomic E-state index is 12.3. The Kier molecular flexibility index (Phi) is 4.64. The van der Waals surface area contributed by atoms with E-state index in [0.717, 1.165) is 32.2 Å². The summed E-state index contributed by atoms with van der Waals surface area (Å²) in [6, 6.07) is 2.09. The normalized spacial score (nSPS) is 23.8. The minimum atomic E-state index is -0.136. The van der Waals surface area contributed by atoms with Crippen molar-refractivity contribution in [1.82, 2.24) is 20.0 Å². The van der Waals surface area contributed by atoms with Gasteiger partial charge in [0.05, 0.1) is 6.04 Å². The van der Waals surface area contributed by atoms with Crippen molar-refractivity contribution >= 4 is 17.8 Å². The molecule has 0 radical (unpaired) electrons. The number of urea groups is 1. The largest absolute Gasteiger partial charge is 0.332 e. The van der Waals surface area contributed by atoms with Crippen LogP contribution in [0.25, 0.3) is 0 Å². The Labute approximate surface area is 135 Å². The van der Waals surface area contributed by atoms with E-state index in [4.69, 9.17) is 0 Å². The summed E-state index contributed by atoms with van der Waals surface area (Å²) < 4.78 is 1.83. The molecule has 7 heteroatoms. The summed E-state index contributed by atoms with van der Waals surface area (Å²) in [5.74, 6) is 0.413. The Morgan fingerprint density at radius 1 is 1.35 bits per heavy atom. The molecule has 1 aliphatic carbocycles. The zero-order chi connectivity index (χ0) is 16.2. The highest BCUT2D eigenvalue weighted by Crippen LogP contribution is 2.22. The fourth-order valence-corrected chi connectivity index (χ4v) is 3.11. The number of aromatic nitrogens is 2. The lowest BCUT2D eigenvalue weighted by atomic mass is 10.0. The van der Waals surface area contributed by atoms with Gasteiger partial charge in [-0.2, -0.15) is 5.10 Å². The number of carbonyl (C=O) groups is 2. The second kappa shape index (κ2) is 6.85. The molecule has 3 amide bonds. The third kappa shape index (κ3) is 3.91. The molecule has 2 aliphatic rings.